The van der Waals surface area contributed by atoms with Gasteiger partial charge in [0.05, 0.1) is 6.54 Å². The third-order valence-corrected chi connectivity index (χ3v) is 5.38. The Balaban J connectivity index is 1.48. The number of hydrogen-bond acceptors (Lipinski definition) is 4. The van der Waals surface area contributed by atoms with Crippen molar-refractivity contribution >= 4 is 5.91 Å². The molecule has 1 spiro atoms. The van der Waals surface area contributed by atoms with Gasteiger partial charge < -0.3 is 14.6 Å². The largest absolute Gasteiger partial charge is 0.357 e. The molecule has 0 bridgehead atoms. The Morgan fingerprint density at radius 3 is 2.77 bits per heavy atom. The van der Waals surface area contributed by atoms with Crippen LogP contribution in [-0.2, 0) is 28.2 Å². The number of ether oxygens (including phenoxy) is 1. The summed E-state index contributed by atoms with van der Waals surface area (Å²) < 4.78 is 21.4. The summed E-state index contributed by atoms with van der Waals surface area (Å²) in [5, 5.41) is 2.69. The van der Waals surface area contributed by atoms with Crippen molar-refractivity contribution < 1.29 is 13.9 Å². The lowest BCUT2D eigenvalue weighted by Crippen LogP contribution is -2.53. The van der Waals surface area contributed by atoms with E-state index < -0.39 is 11.7 Å². The lowest BCUT2D eigenvalue weighted by atomic mass is 9.88. The molecule has 1 N–H and O–H groups in total. The lowest BCUT2D eigenvalue weighted by molar-refractivity contribution is -0.173. The number of imidazole rings is 1. The van der Waals surface area contributed by atoms with E-state index in [0.717, 1.165) is 43.9 Å². The molecular weight excluding hydrogens is 335 g/mol. The van der Waals surface area contributed by atoms with Crippen molar-refractivity contribution in [2.75, 3.05) is 20.1 Å². The third-order valence-electron chi connectivity index (χ3n) is 5.38. The fraction of sp³-hybridized carbons (Fsp3) is 0.474. The van der Waals surface area contributed by atoms with Gasteiger partial charge >= 0.3 is 0 Å². The highest BCUT2D eigenvalue weighted by Gasteiger charge is 2.46. The van der Waals surface area contributed by atoms with E-state index in [9.17, 15) is 9.18 Å². The van der Waals surface area contributed by atoms with E-state index in [1.807, 2.05) is 22.9 Å². The SMILES string of the molecule is CNC(=O)[C@@H]1Cn2ccnc2C2(CCN(Cc3ccc(F)cc3)CC2)O1. The molecule has 1 fully saturated rings. The number of fused-ring (bicyclic) bond motifs is 2. The van der Waals surface area contributed by atoms with Gasteiger partial charge in [0.1, 0.15) is 17.2 Å². The summed E-state index contributed by atoms with van der Waals surface area (Å²) in [6, 6.07) is 6.64. The fourth-order valence-corrected chi connectivity index (χ4v) is 3.96. The Hall–Kier alpha value is -2.25. The van der Waals surface area contributed by atoms with E-state index in [2.05, 4.69) is 15.2 Å². The third kappa shape index (κ3) is 3.12. The van der Waals surface area contributed by atoms with Gasteiger partial charge in [0, 0.05) is 39.1 Å². The zero-order chi connectivity index (χ0) is 18.1. The summed E-state index contributed by atoms with van der Waals surface area (Å²) >= 11 is 0. The van der Waals surface area contributed by atoms with Gasteiger partial charge in [-0.25, -0.2) is 9.37 Å². The first-order chi connectivity index (χ1) is 12.6. The molecule has 1 aromatic heterocycles. The highest BCUT2D eigenvalue weighted by molar-refractivity contribution is 5.80. The smallest absolute Gasteiger partial charge is 0.250 e. The molecule has 4 rings (SSSR count). The highest BCUT2D eigenvalue weighted by Crippen LogP contribution is 2.40. The van der Waals surface area contributed by atoms with Gasteiger partial charge in [-0.2, -0.15) is 0 Å². The number of carbonyl (C=O) groups excluding carboxylic acids is 1. The Morgan fingerprint density at radius 2 is 2.08 bits per heavy atom. The number of piperidine rings is 1. The van der Waals surface area contributed by atoms with E-state index in [4.69, 9.17) is 4.74 Å². The number of likely N-dealkylation sites (N-methyl/N-ethyl adjacent to an activating group) is 1. The van der Waals surface area contributed by atoms with Crippen LogP contribution in [0.1, 0.15) is 24.2 Å². The monoisotopic (exact) mass is 358 g/mol. The quantitative estimate of drug-likeness (QED) is 0.907. The number of rotatable bonds is 3. The van der Waals surface area contributed by atoms with Gasteiger partial charge in [-0.15, -0.1) is 0 Å². The number of amides is 1. The van der Waals surface area contributed by atoms with E-state index >= 15 is 0 Å². The number of carbonyl (C=O) groups is 1. The van der Waals surface area contributed by atoms with Gasteiger partial charge in [-0.3, -0.25) is 9.69 Å². The molecule has 7 heteroatoms. The molecule has 2 aliphatic heterocycles. The number of benzene rings is 1. The lowest BCUT2D eigenvalue weighted by Gasteiger charge is -2.45. The minimum absolute atomic E-state index is 0.0996. The molecule has 0 unspecified atom stereocenters. The van der Waals surface area contributed by atoms with Crippen LogP contribution in [0.4, 0.5) is 4.39 Å². The van der Waals surface area contributed by atoms with Crippen LogP contribution >= 0.6 is 0 Å². The van der Waals surface area contributed by atoms with Crippen LogP contribution < -0.4 is 5.32 Å². The maximum Gasteiger partial charge on any atom is 0.250 e. The zero-order valence-electron chi connectivity index (χ0n) is 14.8. The van der Waals surface area contributed by atoms with Crippen LogP contribution in [0.25, 0.3) is 0 Å². The number of nitrogens with zero attached hydrogens (tertiary/aromatic N) is 3. The van der Waals surface area contributed by atoms with Crippen LogP contribution in [-0.4, -0.2) is 46.6 Å². The second kappa shape index (κ2) is 6.81. The van der Waals surface area contributed by atoms with Crippen LogP contribution in [0.2, 0.25) is 0 Å². The standard InChI is InChI=1S/C19H23FN4O2/c1-21-17(25)16-13-24-11-8-22-18(24)19(26-16)6-9-23(10-7-19)12-14-2-4-15(20)5-3-14/h2-5,8,11,16H,6-7,9-10,12-13H2,1H3,(H,21,25)/t16-/m0/s1. The van der Waals surface area contributed by atoms with Gasteiger partial charge in [0.15, 0.2) is 6.10 Å². The molecule has 138 valence electrons. The molecule has 1 saturated heterocycles. The van der Waals surface area contributed by atoms with Gasteiger partial charge in [-0.05, 0) is 30.5 Å². The molecule has 1 aromatic carbocycles. The zero-order valence-corrected chi connectivity index (χ0v) is 14.8. The molecular formula is C19H23FN4O2. The van der Waals surface area contributed by atoms with Crippen LogP contribution in [0.5, 0.6) is 0 Å². The van der Waals surface area contributed by atoms with E-state index in [1.54, 1.807) is 13.2 Å². The number of likely N-dealkylation sites (tertiary alicyclic amines) is 1. The maximum absolute atomic E-state index is 13.1. The molecule has 0 radical (unpaired) electrons. The Labute approximate surface area is 152 Å². The molecule has 0 aliphatic carbocycles. The summed E-state index contributed by atoms with van der Waals surface area (Å²) in [5.74, 6) is 0.602. The van der Waals surface area contributed by atoms with Crippen molar-refractivity contribution in [3.8, 4) is 0 Å². The molecule has 1 amide bonds. The second-order valence-corrected chi connectivity index (χ2v) is 7.02. The molecule has 6 nitrogen and oxygen atoms in total. The summed E-state index contributed by atoms with van der Waals surface area (Å²) in [6.45, 7) is 2.95. The van der Waals surface area contributed by atoms with E-state index in [1.165, 1.54) is 12.1 Å². The first-order valence-corrected chi connectivity index (χ1v) is 8.97. The average molecular weight is 358 g/mol. The van der Waals surface area contributed by atoms with E-state index in [0.29, 0.717) is 6.54 Å². The number of aromatic nitrogens is 2. The Kier molecular flexibility index (Phi) is 4.50. The maximum atomic E-state index is 13.1. The first-order valence-electron chi connectivity index (χ1n) is 8.97. The summed E-state index contributed by atoms with van der Waals surface area (Å²) in [7, 11) is 1.63. The predicted octanol–water partition coefficient (Wildman–Crippen LogP) is 1.66. The predicted molar refractivity (Wildman–Crippen MR) is 93.8 cm³/mol. The van der Waals surface area contributed by atoms with E-state index in [-0.39, 0.29) is 11.7 Å². The molecule has 0 saturated carbocycles. The molecule has 2 aromatic rings. The fourth-order valence-electron chi connectivity index (χ4n) is 3.96. The van der Waals surface area contributed by atoms with Crippen molar-refractivity contribution in [3.63, 3.8) is 0 Å². The second-order valence-electron chi connectivity index (χ2n) is 7.02. The summed E-state index contributed by atoms with van der Waals surface area (Å²) in [5.41, 5.74) is 0.578. The van der Waals surface area contributed by atoms with Crippen molar-refractivity contribution in [1.29, 1.82) is 0 Å². The van der Waals surface area contributed by atoms with Crippen LogP contribution in [0, 0.1) is 5.82 Å². The molecule has 26 heavy (non-hydrogen) atoms. The number of nitrogens with one attached hydrogen (secondary N) is 1. The average Bonchev–Trinajstić information content (AvgIpc) is 3.14. The molecule has 1 atom stereocenters. The van der Waals surface area contributed by atoms with Crippen LogP contribution in [0.15, 0.2) is 36.7 Å². The van der Waals surface area contributed by atoms with Crippen molar-refractivity contribution in [1.82, 2.24) is 19.8 Å². The molecule has 2 aliphatic rings. The highest BCUT2D eigenvalue weighted by atomic mass is 19.1. The normalized spacial score (nSPS) is 22.2. The number of hydrogen-bond donors (Lipinski definition) is 1. The topological polar surface area (TPSA) is 59.4 Å². The van der Waals surface area contributed by atoms with Crippen molar-refractivity contribution in [2.45, 2.75) is 37.6 Å². The molecule has 3 heterocycles. The van der Waals surface area contributed by atoms with Gasteiger partial charge in [0.25, 0.3) is 5.91 Å². The van der Waals surface area contributed by atoms with Crippen LogP contribution in [0.3, 0.4) is 0 Å². The summed E-state index contributed by atoms with van der Waals surface area (Å²) in [6.07, 6.45) is 4.75. The number of halogens is 1. The summed E-state index contributed by atoms with van der Waals surface area (Å²) in [4.78, 5) is 19.0. The van der Waals surface area contributed by atoms with Crippen molar-refractivity contribution in [3.05, 3.63) is 53.9 Å². The minimum Gasteiger partial charge on any atom is -0.357 e. The minimum atomic E-state index is -0.516. The Morgan fingerprint density at radius 1 is 1.35 bits per heavy atom. The van der Waals surface area contributed by atoms with Gasteiger partial charge in [-0.1, -0.05) is 12.1 Å². The first kappa shape index (κ1) is 17.2. The van der Waals surface area contributed by atoms with Gasteiger partial charge in [0.2, 0.25) is 0 Å². The van der Waals surface area contributed by atoms with Crippen molar-refractivity contribution in [2.24, 2.45) is 0 Å². The Bertz CT molecular complexity index is 781.